The molecule has 1 aromatic carbocycles. The molecule has 0 saturated carbocycles. The minimum Gasteiger partial charge on any atom is -0.495 e. The van der Waals surface area contributed by atoms with E-state index in [9.17, 15) is 8.42 Å². The van der Waals surface area contributed by atoms with Gasteiger partial charge in [-0.3, -0.25) is 4.31 Å². The fourth-order valence-corrected chi connectivity index (χ4v) is 4.12. The maximum Gasteiger partial charge on any atom is 0.268 e. The molecule has 3 rings (SSSR count). The summed E-state index contributed by atoms with van der Waals surface area (Å²) in [5.41, 5.74) is 0.399. The molecule has 8 heteroatoms. The van der Waals surface area contributed by atoms with Gasteiger partial charge in [-0.05, 0) is 30.3 Å². The Morgan fingerprint density at radius 3 is 2.95 bits per heavy atom. The van der Waals surface area contributed by atoms with Crippen molar-refractivity contribution in [2.75, 3.05) is 24.6 Å². The third-order valence-corrected chi connectivity index (χ3v) is 5.32. The van der Waals surface area contributed by atoms with E-state index in [4.69, 9.17) is 21.1 Å². The molecule has 0 saturated heterocycles. The van der Waals surface area contributed by atoms with Gasteiger partial charge in [-0.1, -0.05) is 11.6 Å². The highest BCUT2D eigenvalue weighted by Gasteiger charge is 2.32. The first-order chi connectivity index (χ1) is 10.5. The molecule has 116 valence electrons. The number of pyridine rings is 1. The minimum atomic E-state index is -3.84. The van der Waals surface area contributed by atoms with Gasteiger partial charge in [0.2, 0.25) is 5.88 Å². The van der Waals surface area contributed by atoms with Crippen molar-refractivity contribution < 1.29 is 17.9 Å². The van der Waals surface area contributed by atoms with E-state index in [1.807, 2.05) is 0 Å². The molecule has 2 heterocycles. The van der Waals surface area contributed by atoms with Gasteiger partial charge in [-0.25, -0.2) is 13.4 Å². The number of hydrogen-bond acceptors (Lipinski definition) is 5. The van der Waals surface area contributed by atoms with Crippen molar-refractivity contribution in [2.45, 2.75) is 4.90 Å². The molecule has 0 amide bonds. The van der Waals surface area contributed by atoms with Crippen LogP contribution in [0.25, 0.3) is 0 Å². The maximum atomic E-state index is 13.0. The highest BCUT2D eigenvalue weighted by Crippen LogP contribution is 2.36. The van der Waals surface area contributed by atoms with Gasteiger partial charge in [-0.15, -0.1) is 0 Å². The quantitative estimate of drug-likeness (QED) is 0.857. The molecular weight excluding hydrogens is 328 g/mol. The molecule has 1 aliphatic rings. The van der Waals surface area contributed by atoms with Crippen LogP contribution in [0.5, 0.6) is 11.6 Å². The third-order valence-electron chi connectivity index (χ3n) is 3.25. The molecule has 2 aromatic rings. The van der Waals surface area contributed by atoms with Crippen LogP contribution in [0.15, 0.2) is 41.4 Å². The summed E-state index contributed by atoms with van der Waals surface area (Å²) < 4.78 is 37.8. The number of rotatable bonds is 3. The number of methoxy groups -OCH3 is 1. The van der Waals surface area contributed by atoms with E-state index < -0.39 is 10.0 Å². The normalized spacial score (nSPS) is 14.2. The second-order valence-corrected chi connectivity index (χ2v) is 6.82. The third kappa shape index (κ3) is 2.46. The zero-order chi connectivity index (χ0) is 15.7. The first-order valence-corrected chi connectivity index (χ1v) is 8.30. The summed E-state index contributed by atoms with van der Waals surface area (Å²) in [5.74, 6) is 0.527. The molecule has 1 aromatic heterocycles. The molecule has 0 radical (unpaired) electrons. The lowest BCUT2D eigenvalue weighted by molar-refractivity contribution is 0.303. The van der Waals surface area contributed by atoms with Crippen molar-refractivity contribution in [3.63, 3.8) is 0 Å². The fourth-order valence-electron chi connectivity index (χ4n) is 2.25. The van der Waals surface area contributed by atoms with Crippen LogP contribution in [0, 0.1) is 0 Å². The lowest BCUT2D eigenvalue weighted by atomic mass is 10.3. The smallest absolute Gasteiger partial charge is 0.268 e. The Labute approximate surface area is 133 Å². The van der Waals surface area contributed by atoms with Crippen LogP contribution in [0.1, 0.15) is 0 Å². The monoisotopic (exact) mass is 340 g/mol. The summed E-state index contributed by atoms with van der Waals surface area (Å²) in [6.45, 7) is 0.419. The number of benzene rings is 1. The maximum absolute atomic E-state index is 13.0. The van der Waals surface area contributed by atoms with Crippen LogP contribution >= 0.6 is 11.6 Å². The molecule has 0 bridgehead atoms. The van der Waals surface area contributed by atoms with Gasteiger partial charge in [0.15, 0.2) is 0 Å². The van der Waals surface area contributed by atoms with Crippen molar-refractivity contribution in [1.29, 1.82) is 0 Å². The van der Waals surface area contributed by atoms with Gasteiger partial charge >= 0.3 is 0 Å². The van der Waals surface area contributed by atoms with Crippen molar-refractivity contribution >= 4 is 27.3 Å². The molecule has 0 aliphatic carbocycles. The average Bonchev–Trinajstić information content (AvgIpc) is 2.54. The van der Waals surface area contributed by atoms with Crippen LogP contribution in [-0.2, 0) is 10.0 Å². The minimum absolute atomic E-state index is 0.0132. The molecule has 0 N–H and O–H groups in total. The zero-order valence-corrected chi connectivity index (χ0v) is 13.3. The van der Waals surface area contributed by atoms with Gasteiger partial charge in [0.25, 0.3) is 10.0 Å². The largest absolute Gasteiger partial charge is 0.495 e. The fraction of sp³-hybridized carbons (Fsp3) is 0.214. The molecule has 0 fully saturated rings. The van der Waals surface area contributed by atoms with Gasteiger partial charge in [0.05, 0.1) is 13.7 Å². The van der Waals surface area contributed by atoms with Gasteiger partial charge in [0, 0.05) is 11.2 Å². The van der Waals surface area contributed by atoms with Gasteiger partial charge in [-0.2, -0.15) is 0 Å². The number of fused-ring (bicyclic) bond motifs is 1. The predicted molar refractivity (Wildman–Crippen MR) is 82.3 cm³/mol. The lowest BCUT2D eigenvalue weighted by Gasteiger charge is -2.29. The first-order valence-electron chi connectivity index (χ1n) is 6.48. The number of nitrogens with zero attached hydrogens (tertiary/aromatic N) is 2. The van der Waals surface area contributed by atoms with Crippen LogP contribution in [0.3, 0.4) is 0 Å². The second kappa shape index (κ2) is 5.66. The molecular formula is C14H13ClN2O4S. The Morgan fingerprint density at radius 2 is 2.18 bits per heavy atom. The van der Waals surface area contributed by atoms with Crippen LogP contribution in [0.2, 0.25) is 5.02 Å². The number of aromatic nitrogens is 1. The Bertz CT molecular complexity index is 810. The first kappa shape index (κ1) is 14.9. The molecule has 0 atom stereocenters. The number of hydrogen-bond donors (Lipinski definition) is 0. The summed E-state index contributed by atoms with van der Waals surface area (Å²) in [7, 11) is -2.42. The Balaban J connectivity index is 2.14. The zero-order valence-electron chi connectivity index (χ0n) is 11.7. The van der Waals surface area contributed by atoms with Crippen molar-refractivity contribution in [2.24, 2.45) is 0 Å². The molecule has 6 nitrogen and oxygen atoms in total. The van der Waals surface area contributed by atoms with E-state index in [0.29, 0.717) is 16.6 Å². The standard InChI is InChI=1S/C14H13ClN2O4S/c1-20-12-5-4-10(15)9-13(12)22(18,19)17-7-8-21-14-11(17)3-2-6-16-14/h2-6,9H,7-8H2,1H3. The lowest BCUT2D eigenvalue weighted by Crippen LogP contribution is -2.38. The molecule has 0 spiro atoms. The Morgan fingerprint density at radius 1 is 1.36 bits per heavy atom. The van der Waals surface area contributed by atoms with E-state index in [2.05, 4.69) is 4.98 Å². The highest BCUT2D eigenvalue weighted by molar-refractivity contribution is 7.93. The Kier molecular flexibility index (Phi) is 3.84. The number of halogens is 1. The summed E-state index contributed by atoms with van der Waals surface area (Å²) in [6, 6.07) is 7.79. The topological polar surface area (TPSA) is 68.7 Å². The summed E-state index contributed by atoms with van der Waals surface area (Å²) in [4.78, 5) is 4.06. The van der Waals surface area contributed by atoms with E-state index >= 15 is 0 Å². The van der Waals surface area contributed by atoms with Gasteiger partial charge in [0.1, 0.15) is 22.9 Å². The highest BCUT2D eigenvalue weighted by atomic mass is 35.5. The summed E-state index contributed by atoms with van der Waals surface area (Å²) >= 11 is 5.94. The van der Waals surface area contributed by atoms with Crippen molar-refractivity contribution in [3.05, 3.63) is 41.6 Å². The van der Waals surface area contributed by atoms with Crippen LogP contribution < -0.4 is 13.8 Å². The molecule has 22 heavy (non-hydrogen) atoms. The number of sulfonamides is 1. The van der Waals surface area contributed by atoms with Crippen molar-refractivity contribution in [1.82, 2.24) is 4.98 Å². The van der Waals surface area contributed by atoms with E-state index in [1.165, 1.54) is 23.5 Å². The Hall–Kier alpha value is -1.99. The van der Waals surface area contributed by atoms with E-state index in [1.54, 1.807) is 24.4 Å². The average molecular weight is 341 g/mol. The summed E-state index contributed by atoms with van der Waals surface area (Å²) in [6.07, 6.45) is 1.55. The van der Waals surface area contributed by atoms with Crippen molar-refractivity contribution in [3.8, 4) is 11.6 Å². The van der Waals surface area contributed by atoms with E-state index in [-0.39, 0.29) is 23.8 Å². The molecule has 1 aliphatic heterocycles. The summed E-state index contributed by atoms with van der Waals surface area (Å²) in [5, 5.41) is 0.319. The van der Waals surface area contributed by atoms with Crippen LogP contribution in [-0.4, -0.2) is 33.7 Å². The van der Waals surface area contributed by atoms with Gasteiger partial charge < -0.3 is 9.47 Å². The number of ether oxygens (including phenoxy) is 2. The van der Waals surface area contributed by atoms with Crippen LogP contribution in [0.4, 0.5) is 5.69 Å². The molecule has 0 unspecified atom stereocenters. The second-order valence-electron chi connectivity index (χ2n) is 4.55. The van der Waals surface area contributed by atoms with E-state index in [0.717, 1.165) is 0 Å². The number of anilines is 1. The SMILES string of the molecule is COc1ccc(Cl)cc1S(=O)(=O)N1CCOc2ncccc21. The predicted octanol–water partition coefficient (Wildman–Crippen LogP) is 2.33.